The number of carbonyl (C=O) groups is 1. The lowest BCUT2D eigenvalue weighted by molar-refractivity contribution is -0.0713. The Balaban J connectivity index is 2.63. The zero-order valence-electron chi connectivity index (χ0n) is 11.7. The third-order valence-electron chi connectivity index (χ3n) is 2.49. The maximum Gasteiger partial charge on any atom is 0.410 e. The van der Waals surface area contributed by atoms with Crippen molar-refractivity contribution in [3.63, 3.8) is 0 Å². The van der Waals surface area contributed by atoms with Gasteiger partial charge < -0.3 is 19.1 Å². The maximum absolute atomic E-state index is 11.9. The minimum atomic E-state index is -0.559. The Bertz CT molecular complexity index is 362. The molecule has 8 heteroatoms. The molecule has 1 aliphatic heterocycles. The van der Waals surface area contributed by atoms with Crippen molar-refractivity contribution in [2.45, 2.75) is 38.5 Å². The van der Waals surface area contributed by atoms with Gasteiger partial charge in [0.05, 0.1) is 18.7 Å². The fraction of sp³-hybridized carbons (Fsp3) is 0.909. The third-order valence-corrected chi connectivity index (χ3v) is 2.49. The maximum atomic E-state index is 11.9. The molecule has 1 fully saturated rings. The molecule has 1 aliphatic rings. The van der Waals surface area contributed by atoms with Crippen molar-refractivity contribution in [1.29, 1.82) is 0 Å². The standard InChI is InChI=1S/C11H20N4O4/c1-11(2,3)19-10(16)15-5-8(13-14-12)9(6-15)18-7-17-4/h8-9H,5-7H2,1-4H3/t8-,9+/m0/s1. The average molecular weight is 272 g/mol. The van der Waals surface area contributed by atoms with Crippen molar-refractivity contribution in [3.8, 4) is 0 Å². The molecule has 1 heterocycles. The van der Waals surface area contributed by atoms with Gasteiger partial charge in [0.15, 0.2) is 0 Å². The van der Waals surface area contributed by atoms with E-state index in [0.29, 0.717) is 6.54 Å². The Hall–Kier alpha value is -1.50. The van der Waals surface area contributed by atoms with E-state index in [1.807, 2.05) is 0 Å². The van der Waals surface area contributed by atoms with Crippen molar-refractivity contribution in [2.75, 3.05) is 27.0 Å². The van der Waals surface area contributed by atoms with E-state index < -0.39 is 17.7 Å². The van der Waals surface area contributed by atoms with Crippen LogP contribution in [0.5, 0.6) is 0 Å². The molecular weight excluding hydrogens is 252 g/mol. The number of hydrogen-bond donors (Lipinski definition) is 0. The molecular formula is C11H20N4O4. The molecule has 0 radical (unpaired) electrons. The Morgan fingerprint density at radius 3 is 2.68 bits per heavy atom. The Morgan fingerprint density at radius 1 is 1.47 bits per heavy atom. The number of methoxy groups -OCH3 is 1. The summed E-state index contributed by atoms with van der Waals surface area (Å²) in [5, 5.41) is 3.64. The van der Waals surface area contributed by atoms with Crippen LogP contribution >= 0.6 is 0 Å². The second kappa shape index (κ2) is 6.60. The first-order valence-corrected chi connectivity index (χ1v) is 6.00. The van der Waals surface area contributed by atoms with Crippen LogP contribution in [0, 0.1) is 0 Å². The molecule has 0 bridgehead atoms. The molecule has 0 spiro atoms. The third kappa shape index (κ3) is 4.94. The van der Waals surface area contributed by atoms with E-state index in [9.17, 15) is 4.79 Å². The summed E-state index contributed by atoms with van der Waals surface area (Å²) in [6.07, 6.45) is -0.808. The van der Waals surface area contributed by atoms with Crippen molar-refractivity contribution in [2.24, 2.45) is 5.11 Å². The van der Waals surface area contributed by atoms with Crippen molar-refractivity contribution in [3.05, 3.63) is 10.4 Å². The van der Waals surface area contributed by atoms with E-state index >= 15 is 0 Å². The summed E-state index contributed by atoms with van der Waals surface area (Å²) < 4.78 is 15.5. The minimum absolute atomic E-state index is 0.0876. The van der Waals surface area contributed by atoms with Gasteiger partial charge in [0.2, 0.25) is 0 Å². The van der Waals surface area contributed by atoms with Crippen LogP contribution in [0.4, 0.5) is 4.79 Å². The quantitative estimate of drug-likeness (QED) is 0.338. The second-order valence-electron chi connectivity index (χ2n) is 5.27. The molecule has 0 aliphatic carbocycles. The summed E-state index contributed by atoms with van der Waals surface area (Å²) in [6, 6.07) is -0.423. The van der Waals surface area contributed by atoms with E-state index in [-0.39, 0.29) is 19.4 Å². The van der Waals surface area contributed by atoms with Crippen LogP contribution in [0.25, 0.3) is 10.4 Å². The Morgan fingerprint density at radius 2 is 2.16 bits per heavy atom. The smallest absolute Gasteiger partial charge is 0.410 e. The van der Waals surface area contributed by atoms with Gasteiger partial charge in [-0.25, -0.2) is 4.79 Å². The molecule has 8 nitrogen and oxygen atoms in total. The number of likely N-dealkylation sites (tertiary alicyclic amines) is 1. The van der Waals surface area contributed by atoms with Gasteiger partial charge in [0.1, 0.15) is 12.4 Å². The zero-order chi connectivity index (χ0) is 14.5. The summed E-state index contributed by atoms with van der Waals surface area (Å²) in [5.41, 5.74) is 7.96. The molecule has 19 heavy (non-hydrogen) atoms. The lowest BCUT2D eigenvalue weighted by Crippen LogP contribution is -2.36. The van der Waals surface area contributed by atoms with E-state index in [2.05, 4.69) is 10.0 Å². The molecule has 0 aromatic carbocycles. The lowest BCUT2D eigenvalue weighted by Gasteiger charge is -2.24. The first-order valence-electron chi connectivity index (χ1n) is 6.00. The summed E-state index contributed by atoms with van der Waals surface area (Å²) in [6.45, 7) is 6.08. The summed E-state index contributed by atoms with van der Waals surface area (Å²) in [4.78, 5) is 16.2. The minimum Gasteiger partial charge on any atom is -0.444 e. The lowest BCUT2D eigenvalue weighted by atomic mass is 10.2. The number of nitrogens with zero attached hydrogens (tertiary/aromatic N) is 4. The average Bonchev–Trinajstić information content (AvgIpc) is 2.68. The number of hydrogen-bond acceptors (Lipinski definition) is 5. The van der Waals surface area contributed by atoms with E-state index in [0.717, 1.165) is 0 Å². The van der Waals surface area contributed by atoms with Crippen molar-refractivity contribution in [1.82, 2.24) is 4.90 Å². The monoisotopic (exact) mass is 272 g/mol. The molecule has 1 saturated heterocycles. The molecule has 2 atom stereocenters. The molecule has 1 amide bonds. The fourth-order valence-corrected chi connectivity index (χ4v) is 1.73. The van der Waals surface area contributed by atoms with Crippen LogP contribution in [0.2, 0.25) is 0 Å². The van der Waals surface area contributed by atoms with Gasteiger partial charge in [-0.05, 0) is 26.3 Å². The number of ether oxygens (including phenoxy) is 3. The van der Waals surface area contributed by atoms with Crippen LogP contribution in [-0.2, 0) is 14.2 Å². The van der Waals surface area contributed by atoms with Crippen LogP contribution < -0.4 is 0 Å². The number of carbonyl (C=O) groups excluding carboxylic acids is 1. The first-order chi connectivity index (χ1) is 8.87. The van der Waals surface area contributed by atoms with E-state index in [4.69, 9.17) is 19.7 Å². The van der Waals surface area contributed by atoms with Crippen LogP contribution in [-0.4, -0.2) is 55.7 Å². The van der Waals surface area contributed by atoms with Gasteiger partial charge in [0, 0.05) is 18.6 Å². The molecule has 0 N–H and O–H groups in total. The van der Waals surface area contributed by atoms with Gasteiger partial charge in [-0.3, -0.25) is 0 Å². The zero-order valence-corrected chi connectivity index (χ0v) is 11.7. The highest BCUT2D eigenvalue weighted by atomic mass is 16.7. The molecule has 0 aromatic rings. The Kier molecular flexibility index (Phi) is 5.41. The number of amides is 1. The highest BCUT2D eigenvalue weighted by Crippen LogP contribution is 2.20. The predicted octanol–water partition coefficient (Wildman–Crippen LogP) is 1.91. The van der Waals surface area contributed by atoms with Crippen LogP contribution in [0.1, 0.15) is 20.8 Å². The SMILES string of the molecule is COCO[C@@H]1CN(C(=O)OC(C)(C)C)C[C@@H]1N=[N+]=[N-]. The first kappa shape index (κ1) is 15.6. The number of azide groups is 1. The summed E-state index contributed by atoms with van der Waals surface area (Å²) >= 11 is 0. The second-order valence-corrected chi connectivity index (χ2v) is 5.27. The summed E-state index contributed by atoms with van der Waals surface area (Å²) in [7, 11) is 1.50. The van der Waals surface area contributed by atoms with Gasteiger partial charge >= 0.3 is 6.09 Å². The largest absolute Gasteiger partial charge is 0.444 e. The molecule has 108 valence electrons. The van der Waals surface area contributed by atoms with Gasteiger partial charge in [-0.1, -0.05) is 5.11 Å². The predicted molar refractivity (Wildman–Crippen MR) is 67.5 cm³/mol. The van der Waals surface area contributed by atoms with E-state index in [1.165, 1.54) is 12.0 Å². The molecule has 0 saturated carbocycles. The summed E-state index contributed by atoms with van der Waals surface area (Å²) in [5.74, 6) is 0. The topological polar surface area (TPSA) is 96.8 Å². The van der Waals surface area contributed by atoms with Crippen molar-refractivity contribution >= 4 is 6.09 Å². The van der Waals surface area contributed by atoms with Crippen LogP contribution in [0.3, 0.4) is 0 Å². The van der Waals surface area contributed by atoms with Gasteiger partial charge in [0.25, 0.3) is 0 Å². The van der Waals surface area contributed by atoms with E-state index in [1.54, 1.807) is 20.8 Å². The Labute approximate surface area is 112 Å². The highest BCUT2D eigenvalue weighted by molar-refractivity contribution is 5.68. The fourth-order valence-electron chi connectivity index (χ4n) is 1.73. The molecule has 1 rings (SSSR count). The number of rotatable bonds is 4. The molecule has 0 unspecified atom stereocenters. The van der Waals surface area contributed by atoms with Gasteiger partial charge in [-0.2, -0.15) is 0 Å². The van der Waals surface area contributed by atoms with Crippen LogP contribution in [0.15, 0.2) is 5.11 Å². The van der Waals surface area contributed by atoms with Gasteiger partial charge in [-0.15, -0.1) is 0 Å². The van der Waals surface area contributed by atoms with Crippen molar-refractivity contribution < 1.29 is 19.0 Å². The normalized spacial score (nSPS) is 23.1. The highest BCUT2D eigenvalue weighted by Gasteiger charge is 2.37. The molecule has 0 aromatic heterocycles.